The van der Waals surface area contributed by atoms with E-state index in [2.05, 4.69) is 54.9 Å². The second kappa shape index (κ2) is 11.3. The molecule has 0 saturated heterocycles. The van der Waals surface area contributed by atoms with Gasteiger partial charge in [0.25, 0.3) is 0 Å². The quantitative estimate of drug-likeness (QED) is 0.432. The third kappa shape index (κ3) is 6.84. The lowest BCUT2D eigenvalue weighted by molar-refractivity contribution is -0.136. The van der Waals surface area contributed by atoms with Crippen LogP contribution < -0.4 is 0 Å². The number of hydrogen-bond donors (Lipinski definition) is 1. The first-order valence-electron chi connectivity index (χ1n) is 9.69. The Morgan fingerprint density at radius 2 is 1.50 bits per heavy atom. The zero-order valence-electron chi connectivity index (χ0n) is 16.8. The van der Waals surface area contributed by atoms with Crippen LogP contribution in [0.3, 0.4) is 0 Å². The Morgan fingerprint density at radius 3 is 1.93 bits per heavy atom. The maximum absolute atomic E-state index is 11.6. The van der Waals surface area contributed by atoms with Gasteiger partial charge < -0.3 is 9.84 Å². The van der Waals surface area contributed by atoms with Gasteiger partial charge in [0.1, 0.15) is 6.10 Å². The van der Waals surface area contributed by atoms with Gasteiger partial charge >= 0.3 is 5.97 Å². The van der Waals surface area contributed by atoms with Crippen LogP contribution in [0.4, 0.5) is 0 Å². The van der Waals surface area contributed by atoms with Crippen LogP contribution in [0.1, 0.15) is 31.9 Å². The highest BCUT2D eigenvalue weighted by atomic mass is 16.5. The molecule has 2 aromatic rings. The summed E-state index contributed by atoms with van der Waals surface area (Å²) in [6.45, 7) is 7.47. The van der Waals surface area contributed by atoms with E-state index in [1.165, 1.54) is 0 Å². The lowest BCUT2D eigenvalue weighted by Crippen LogP contribution is -2.46. The van der Waals surface area contributed by atoms with Gasteiger partial charge in [0.15, 0.2) is 0 Å². The summed E-state index contributed by atoms with van der Waals surface area (Å²) in [7, 11) is 0. The second-order valence-electron chi connectivity index (χ2n) is 7.05. The number of ether oxygens (including phenoxy) is 1. The van der Waals surface area contributed by atoms with Crippen molar-refractivity contribution < 1.29 is 14.6 Å². The molecule has 2 atom stereocenters. The molecule has 2 rings (SSSR count). The Kier molecular flexibility index (Phi) is 8.74. The van der Waals surface area contributed by atoms with E-state index in [9.17, 15) is 9.90 Å². The van der Waals surface area contributed by atoms with E-state index in [1.54, 1.807) is 6.92 Å². The van der Waals surface area contributed by atoms with Gasteiger partial charge in [0, 0.05) is 25.1 Å². The molecule has 28 heavy (non-hydrogen) atoms. The smallest absolute Gasteiger partial charge is 0.384 e. The molecule has 0 aliphatic carbocycles. The van der Waals surface area contributed by atoms with Crippen LogP contribution in [-0.4, -0.2) is 34.7 Å². The number of nitrogens with zero attached hydrogens (tertiary/aromatic N) is 1. The standard InChI is InChI=1S/C24H29NO3/c1-4-28-23(27)16-15-22(26)24(19(2)3)25(17-20-11-7-5-8-12-20)18-21-13-9-6-10-14-21/h5-14,19,22,24,26H,4,17-18H2,1-3H3/t22-,24-/m0/s1. The van der Waals surface area contributed by atoms with Gasteiger partial charge in [-0.05, 0) is 24.0 Å². The lowest BCUT2D eigenvalue weighted by atomic mass is 9.95. The number of esters is 1. The SMILES string of the molecule is CCOC(=O)C#C[C@H](O)[C@H](C(C)C)N(Cc1ccccc1)Cc1ccccc1. The molecule has 0 saturated carbocycles. The van der Waals surface area contributed by atoms with Crippen molar-refractivity contribution >= 4 is 5.97 Å². The zero-order valence-corrected chi connectivity index (χ0v) is 16.8. The van der Waals surface area contributed by atoms with Gasteiger partial charge in [-0.3, -0.25) is 4.90 Å². The van der Waals surface area contributed by atoms with Crippen molar-refractivity contribution in [3.63, 3.8) is 0 Å². The van der Waals surface area contributed by atoms with Crippen LogP contribution in [0.5, 0.6) is 0 Å². The Balaban J connectivity index is 2.28. The van der Waals surface area contributed by atoms with Gasteiger partial charge in [-0.15, -0.1) is 0 Å². The molecule has 0 radical (unpaired) electrons. The van der Waals surface area contributed by atoms with Gasteiger partial charge in [-0.25, -0.2) is 4.79 Å². The molecule has 0 amide bonds. The van der Waals surface area contributed by atoms with Crippen molar-refractivity contribution in [2.75, 3.05) is 6.61 Å². The summed E-state index contributed by atoms with van der Waals surface area (Å²) in [6.07, 6.45) is -0.961. The van der Waals surface area contributed by atoms with E-state index in [-0.39, 0.29) is 18.6 Å². The number of carbonyl (C=O) groups excluding carboxylic acids is 1. The zero-order chi connectivity index (χ0) is 20.4. The lowest BCUT2D eigenvalue weighted by Gasteiger charge is -2.36. The van der Waals surface area contributed by atoms with E-state index in [0.717, 1.165) is 11.1 Å². The minimum Gasteiger partial charge on any atom is -0.456 e. The fourth-order valence-corrected chi connectivity index (χ4v) is 3.27. The summed E-state index contributed by atoms with van der Waals surface area (Å²) in [4.78, 5) is 13.8. The summed E-state index contributed by atoms with van der Waals surface area (Å²) in [5.74, 6) is 4.63. The normalized spacial score (nSPS) is 12.9. The summed E-state index contributed by atoms with van der Waals surface area (Å²) >= 11 is 0. The van der Waals surface area contributed by atoms with Gasteiger partial charge in [0.05, 0.1) is 6.61 Å². The summed E-state index contributed by atoms with van der Waals surface area (Å²) < 4.78 is 4.85. The first kappa shape index (κ1) is 21.7. The van der Waals surface area contributed by atoms with E-state index < -0.39 is 12.1 Å². The van der Waals surface area contributed by atoms with Crippen LogP contribution in [0.2, 0.25) is 0 Å². The molecular formula is C24H29NO3. The number of hydrogen-bond acceptors (Lipinski definition) is 4. The van der Waals surface area contributed by atoms with E-state index in [0.29, 0.717) is 13.1 Å². The third-order valence-corrected chi connectivity index (χ3v) is 4.48. The number of carbonyl (C=O) groups is 1. The predicted molar refractivity (Wildman–Crippen MR) is 111 cm³/mol. The highest BCUT2D eigenvalue weighted by Crippen LogP contribution is 2.21. The van der Waals surface area contributed by atoms with Gasteiger partial charge in [-0.1, -0.05) is 80.4 Å². The van der Waals surface area contributed by atoms with Crippen LogP contribution in [0, 0.1) is 17.8 Å². The molecule has 4 heteroatoms. The fourth-order valence-electron chi connectivity index (χ4n) is 3.27. The maximum Gasteiger partial charge on any atom is 0.384 e. The number of rotatable bonds is 8. The van der Waals surface area contributed by atoms with Crippen LogP contribution >= 0.6 is 0 Å². The highest BCUT2D eigenvalue weighted by molar-refractivity contribution is 5.88. The minimum atomic E-state index is -0.961. The van der Waals surface area contributed by atoms with Crippen LogP contribution in [0.25, 0.3) is 0 Å². The van der Waals surface area contributed by atoms with Crippen molar-refractivity contribution in [1.82, 2.24) is 4.90 Å². The third-order valence-electron chi connectivity index (χ3n) is 4.48. The Hall–Kier alpha value is -2.61. The fraction of sp³-hybridized carbons (Fsp3) is 0.375. The van der Waals surface area contributed by atoms with E-state index in [4.69, 9.17) is 4.74 Å². The monoisotopic (exact) mass is 379 g/mol. The van der Waals surface area contributed by atoms with Gasteiger partial charge in [0.2, 0.25) is 0 Å². The Bertz CT molecular complexity index is 736. The van der Waals surface area contributed by atoms with Crippen LogP contribution in [0.15, 0.2) is 60.7 Å². The topological polar surface area (TPSA) is 49.8 Å². The molecule has 4 nitrogen and oxygen atoms in total. The van der Waals surface area contributed by atoms with Crippen molar-refractivity contribution in [2.45, 2.75) is 46.0 Å². The molecule has 0 bridgehead atoms. The second-order valence-corrected chi connectivity index (χ2v) is 7.05. The number of aliphatic hydroxyl groups excluding tert-OH is 1. The molecule has 0 aliphatic heterocycles. The van der Waals surface area contributed by atoms with Crippen LogP contribution in [-0.2, 0) is 22.6 Å². The average Bonchev–Trinajstić information content (AvgIpc) is 2.68. The molecule has 2 aromatic carbocycles. The van der Waals surface area contributed by atoms with Crippen molar-refractivity contribution in [3.05, 3.63) is 71.8 Å². The summed E-state index contributed by atoms with van der Waals surface area (Å²) in [6, 6.07) is 20.1. The molecule has 1 N–H and O–H groups in total. The van der Waals surface area contributed by atoms with E-state index in [1.807, 2.05) is 36.4 Å². The molecule has 0 aliphatic rings. The first-order chi connectivity index (χ1) is 13.5. The predicted octanol–water partition coefficient (Wildman–Crippen LogP) is 3.64. The van der Waals surface area contributed by atoms with Crippen molar-refractivity contribution in [3.8, 4) is 11.8 Å². The maximum atomic E-state index is 11.6. The number of benzene rings is 2. The number of aliphatic hydroxyl groups is 1. The Labute approximate surface area is 168 Å². The summed E-state index contributed by atoms with van der Waals surface area (Å²) in [5, 5.41) is 10.8. The molecule has 148 valence electrons. The molecule has 0 heterocycles. The summed E-state index contributed by atoms with van der Waals surface area (Å²) in [5.41, 5.74) is 2.32. The molecule has 0 fully saturated rings. The molecule has 0 spiro atoms. The van der Waals surface area contributed by atoms with Gasteiger partial charge in [-0.2, -0.15) is 0 Å². The van der Waals surface area contributed by atoms with Crippen molar-refractivity contribution in [2.24, 2.45) is 5.92 Å². The largest absolute Gasteiger partial charge is 0.456 e. The highest BCUT2D eigenvalue weighted by Gasteiger charge is 2.28. The Morgan fingerprint density at radius 1 is 1.00 bits per heavy atom. The molecular weight excluding hydrogens is 350 g/mol. The van der Waals surface area contributed by atoms with E-state index >= 15 is 0 Å². The minimum absolute atomic E-state index is 0.138. The van der Waals surface area contributed by atoms with Crippen molar-refractivity contribution in [1.29, 1.82) is 0 Å². The molecule has 0 aromatic heterocycles. The molecule has 0 unspecified atom stereocenters. The average molecular weight is 380 g/mol. The first-order valence-corrected chi connectivity index (χ1v) is 9.69.